The van der Waals surface area contributed by atoms with Crippen molar-refractivity contribution in [2.24, 2.45) is 5.73 Å². The lowest BCUT2D eigenvalue weighted by Crippen LogP contribution is -2.50. The van der Waals surface area contributed by atoms with Crippen LogP contribution in [0.15, 0.2) is 0 Å². The van der Waals surface area contributed by atoms with Gasteiger partial charge in [0.25, 0.3) is 5.91 Å². The van der Waals surface area contributed by atoms with Gasteiger partial charge in [-0.1, -0.05) is 0 Å². The molecule has 0 saturated carbocycles. The molecular formula is C22H29N5O3S. The van der Waals surface area contributed by atoms with Crippen molar-refractivity contribution in [1.29, 1.82) is 0 Å². The van der Waals surface area contributed by atoms with E-state index in [0.29, 0.717) is 17.1 Å². The number of anilines is 2. The maximum atomic E-state index is 12.6. The Morgan fingerprint density at radius 1 is 1.13 bits per heavy atom. The molecule has 4 N–H and O–H groups in total. The van der Waals surface area contributed by atoms with Crippen LogP contribution < -0.4 is 16.4 Å². The van der Waals surface area contributed by atoms with Gasteiger partial charge in [0, 0.05) is 18.5 Å². The molecule has 2 amide bonds. The number of aromatic nitrogens is 1. The first-order valence-corrected chi connectivity index (χ1v) is 11.8. The largest absolute Gasteiger partial charge is 0.444 e. The fraction of sp³-hybridized carbons (Fsp3) is 0.591. The normalized spacial score (nSPS) is 22.8. The lowest BCUT2D eigenvalue weighted by molar-refractivity contribution is 0.0214. The van der Waals surface area contributed by atoms with Crippen LogP contribution in [0.3, 0.4) is 0 Å². The third kappa shape index (κ3) is 3.30. The average molecular weight is 444 g/mol. The van der Waals surface area contributed by atoms with Crippen molar-refractivity contribution < 1.29 is 14.3 Å². The third-order valence-corrected chi connectivity index (χ3v) is 7.65. The van der Waals surface area contributed by atoms with Crippen molar-refractivity contribution in [1.82, 2.24) is 9.88 Å². The van der Waals surface area contributed by atoms with E-state index in [4.69, 9.17) is 21.2 Å². The standard InChI is InChI=1S/C22H29N5O3S/c1-22(2,3)30-21(29)27-10-11-8-12(27)9-26(11)19-14-7-5-4-6-13(14)15-16(23)17(18(24)28)31-20(15)25-19/h11-12H,4-10,23H2,1-3H3,(H2,24,28)/t11-,12-/m0/s1. The lowest BCUT2D eigenvalue weighted by Gasteiger charge is -2.37. The molecule has 2 aromatic heterocycles. The van der Waals surface area contributed by atoms with Crippen molar-refractivity contribution in [3.05, 3.63) is 16.0 Å². The Hall–Kier alpha value is -2.55. The van der Waals surface area contributed by atoms with E-state index in [1.807, 2.05) is 25.7 Å². The first-order valence-electron chi connectivity index (χ1n) is 10.9. The number of nitrogens with zero attached hydrogens (tertiary/aromatic N) is 3. The van der Waals surface area contributed by atoms with Crippen molar-refractivity contribution in [2.45, 2.75) is 70.6 Å². The number of pyridine rings is 1. The fourth-order valence-electron chi connectivity index (χ4n) is 5.28. The number of carbonyl (C=O) groups is 2. The molecule has 2 bridgehead atoms. The number of hydrogen-bond donors (Lipinski definition) is 2. The molecule has 0 unspecified atom stereocenters. The van der Waals surface area contributed by atoms with Gasteiger partial charge in [-0.15, -0.1) is 11.3 Å². The highest BCUT2D eigenvalue weighted by molar-refractivity contribution is 7.21. The second-order valence-corrected chi connectivity index (χ2v) is 10.8. The van der Waals surface area contributed by atoms with Crippen molar-refractivity contribution in [2.75, 3.05) is 23.7 Å². The number of piperazine rings is 1. The SMILES string of the molecule is CC(C)(C)OC(=O)N1C[C@@H]2C[C@H]1CN2c1nc2sc(C(N)=O)c(N)c2c2c1CCCC2. The summed E-state index contributed by atoms with van der Waals surface area (Å²) in [7, 11) is 0. The van der Waals surface area contributed by atoms with Crippen LogP contribution in [0.1, 0.15) is 60.8 Å². The van der Waals surface area contributed by atoms with Crippen LogP contribution in [0, 0.1) is 0 Å². The summed E-state index contributed by atoms with van der Waals surface area (Å²) in [5.41, 5.74) is 14.3. The molecule has 3 aliphatic rings. The van der Waals surface area contributed by atoms with Crippen LogP contribution >= 0.6 is 11.3 Å². The minimum atomic E-state index is -0.500. The molecule has 8 nitrogen and oxygen atoms in total. The Kier molecular flexibility index (Phi) is 4.58. The smallest absolute Gasteiger partial charge is 0.410 e. The number of fused-ring (bicyclic) bond motifs is 5. The van der Waals surface area contributed by atoms with Gasteiger partial charge in [-0.3, -0.25) is 4.79 Å². The first-order chi connectivity index (χ1) is 14.6. The van der Waals surface area contributed by atoms with Gasteiger partial charge in [-0.05, 0) is 64.0 Å². The van der Waals surface area contributed by atoms with Gasteiger partial charge in [-0.2, -0.15) is 0 Å². The Morgan fingerprint density at radius 2 is 1.84 bits per heavy atom. The Labute approximate surface area is 185 Å². The van der Waals surface area contributed by atoms with E-state index in [0.717, 1.165) is 54.7 Å². The number of nitrogens with two attached hydrogens (primary N) is 2. The van der Waals surface area contributed by atoms with Crippen LogP contribution in [-0.2, 0) is 17.6 Å². The Balaban J connectivity index is 1.50. The Bertz CT molecular complexity index is 1090. The zero-order chi connectivity index (χ0) is 22.1. The molecule has 4 heterocycles. The van der Waals surface area contributed by atoms with Crippen LogP contribution in [0.5, 0.6) is 0 Å². The summed E-state index contributed by atoms with van der Waals surface area (Å²) >= 11 is 1.29. The first kappa shape index (κ1) is 20.4. The van der Waals surface area contributed by atoms with E-state index >= 15 is 0 Å². The molecular weight excluding hydrogens is 414 g/mol. The maximum absolute atomic E-state index is 12.6. The molecule has 9 heteroatoms. The van der Waals surface area contributed by atoms with Crippen LogP contribution in [0.4, 0.5) is 16.3 Å². The Morgan fingerprint density at radius 3 is 2.45 bits per heavy atom. The monoisotopic (exact) mass is 443 g/mol. The summed E-state index contributed by atoms with van der Waals surface area (Å²) in [4.78, 5) is 34.9. The predicted molar refractivity (Wildman–Crippen MR) is 122 cm³/mol. The lowest BCUT2D eigenvalue weighted by atomic mass is 9.89. The van der Waals surface area contributed by atoms with Gasteiger partial charge in [-0.25, -0.2) is 9.78 Å². The fourth-order valence-corrected chi connectivity index (χ4v) is 6.26. The molecule has 1 aliphatic carbocycles. The molecule has 2 saturated heterocycles. The van der Waals surface area contributed by atoms with Gasteiger partial charge >= 0.3 is 6.09 Å². The molecule has 2 aliphatic heterocycles. The van der Waals surface area contributed by atoms with Gasteiger partial charge in [0.1, 0.15) is 21.1 Å². The predicted octanol–water partition coefficient (Wildman–Crippen LogP) is 3.05. The van der Waals surface area contributed by atoms with Gasteiger partial charge in [0.2, 0.25) is 0 Å². The molecule has 31 heavy (non-hydrogen) atoms. The van der Waals surface area contributed by atoms with Crippen molar-refractivity contribution in [3.8, 4) is 0 Å². The molecule has 2 atom stereocenters. The number of aryl methyl sites for hydroxylation is 1. The summed E-state index contributed by atoms with van der Waals surface area (Å²) in [6, 6.07) is 0.354. The number of amides is 2. The van der Waals surface area contributed by atoms with E-state index in [9.17, 15) is 9.59 Å². The summed E-state index contributed by atoms with van der Waals surface area (Å²) in [6.45, 7) is 7.07. The van der Waals surface area contributed by atoms with Crippen LogP contribution in [-0.4, -0.2) is 52.7 Å². The second-order valence-electron chi connectivity index (χ2n) is 9.82. The summed E-state index contributed by atoms with van der Waals surface area (Å²) in [6.07, 6.45) is 4.80. The minimum absolute atomic E-state index is 0.131. The number of primary amides is 1. The number of ether oxygens (including phenoxy) is 1. The van der Waals surface area contributed by atoms with Crippen molar-refractivity contribution >= 4 is 45.1 Å². The van der Waals surface area contributed by atoms with Gasteiger partial charge in [0.05, 0.1) is 17.8 Å². The zero-order valence-corrected chi connectivity index (χ0v) is 19.1. The van der Waals surface area contributed by atoms with E-state index in [1.165, 1.54) is 22.5 Å². The summed E-state index contributed by atoms with van der Waals surface area (Å²) < 4.78 is 5.60. The number of nitrogen functional groups attached to an aromatic ring is 1. The zero-order valence-electron chi connectivity index (χ0n) is 18.2. The number of carbonyl (C=O) groups excluding carboxylic acids is 2. The molecule has 0 spiro atoms. The summed E-state index contributed by atoms with van der Waals surface area (Å²) in [5.74, 6) is 0.496. The number of hydrogen-bond acceptors (Lipinski definition) is 7. The second kappa shape index (κ2) is 6.98. The molecule has 0 aromatic carbocycles. The average Bonchev–Trinajstić information content (AvgIpc) is 3.38. The van der Waals surface area contributed by atoms with Crippen LogP contribution in [0.2, 0.25) is 0 Å². The highest BCUT2D eigenvalue weighted by Gasteiger charge is 2.47. The minimum Gasteiger partial charge on any atom is -0.444 e. The highest BCUT2D eigenvalue weighted by Crippen LogP contribution is 2.44. The topological polar surface area (TPSA) is 115 Å². The number of rotatable bonds is 2. The van der Waals surface area contributed by atoms with E-state index in [1.54, 1.807) is 0 Å². The van der Waals surface area contributed by atoms with Gasteiger partial charge < -0.3 is 26.0 Å². The number of likely N-dealkylation sites (tertiary alicyclic amines) is 1. The van der Waals surface area contributed by atoms with E-state index in [2.05, 4.69) is 4.90 Å². The molecule has 2 aromatic rings. The van der Waals surface area contributed by atoms with Crippen molar-refractivity contribution in [3.63, 3.8) is 0 Å². The van der Waals surface area contributed by atoms with Crippen LogP contribution in [0.25, 0.3) is 10.2 Å². The highest BCUT2D eigenvalue weighted by atomic mass is 32.1. The molecule has 0 radical (unpaired) electrons. The third-order valence-electron chi connectivity index (χ3n) is 6.54. The maximum Gasteiger partial charge on any atom is 0.410 e. The number of thiophene rings is 1. The quantitative estimate of drug-likeness (QED) is 0.737. The van der Waals surface area contributed by atoms with E-state index in [-0.39, 0.29) is 18.2 Å². The summed E-state index contributed by atoms with van der Waals surface area (Å²) in [5, 5.41) is 0.914. The molecule has 2 fully saturated rings. The molecule has 166 valence electrons. The van der Waals surface area contributed by atoms with Gasteiger partial charge in [0.15, 0.2) is 0 Å². The van der Waals surface area contributed by atoms with E-state index < -0.39 is 11.5 Å². The molecule has 5 rings (SSSR count).